The van der Waals surface area contributed by atoms with Crippen LogP contribution in [0.25, 0.3) is 0 Å². The van der Waals surface area contributed by atoms with E-state index < -0.39 is 79.4 Å². The van der Waals surface area contributed by atoms with Gasteiger partial charge in [-0.05, 0) is 107 Å². The van der Waals surface area contributed by atoms with Gasteiger partial charge in [0.1, 0.15) is 66.5 Å². The molecule has 0 aromatic heterocycles. The van der Waals surface area contributed by atoms with Crippen LogP contribution in [0.3, 0.4) is 0 Å². The first-order valence-electron chi connectivity index (χ1n) is 28.7. The fraction of sp³-hybridized carbons (Fsp3) is 0.750. The van der Waals surface area contributed by atoms with Gasteiger partial charge in [0.2, 0.25) is 0 Å². The standard InChI is InChI=1S/C15H23NO4S.C12H20N2O3S.C11H24N2O3S.C10H21NO3S.C8H17NO4S/c1-21(18,19)10-6-5-9-15(17)14(16)12-20-11-13-7-3-2-4-8-13;1-18(16,17)7-3-2-4-12(15)11(13)8-10-5-6-14-9-10;1-17(15,16)9-5-3-7-11(14)10(13)6-2-4-8-12;1-8(2)10(11)9(12)6-4-5-7-15(3,13)14;1-14(12,13)5-3-2-4-8(11)7(9)6-10/h2-4,7-8,14H,5-6,9-12,16H2,1H3;6,9,11H,2-5,7-8,13H2,1H3;10H,2-9,12-13H2,1H3;8,10H,4-7,11H2,1-3H3;7,10H,2-6,9H2,1H3/t14-;11-;2*10-;7-/m00000/s1. The summed E-state index contributed by atoms with van der Waals surface area (Å²) < 4.78 is 114. The number of aliphatic hydroxyl groups is 1. The first kappa shape index (κ1) is 85.6. The first-order chi connectivity index (χ1) is 39.2. The molecule has 0 saturated heterocycles. The lowest BCUT2D eigenvalue weighted by atomic mass is 9.98. The third kappa shape index (κ3) is 57.9. The van der Waals surface area contributed by atoms with Crippen LogP contribution >= 0.6 is 0 Å². The van der Waals surface area contributed by atoms with E-state index in [4.69, 9.17) is 44.2 Å². The Labute approximate surface area is 509 Å². The molecule has 1 aromatic carbocycles. The number of rotatable bonds is 42. The van der Waals surface area contributed by atoms with Crippen LogP contribution in [-0.4, -0.2) is 192 Å². The van der Waals surface area contributed by atoms with Crippen molar-refractivity contribution in [3.05, 3.63) is 47.7 Å². The van der Waals surface area contributed by atoms with Crippen LogP contribution in [0.5, 0.6) is 0 Å². The molecule has 0 amide bonds. The average Bonchev–Trinajstić information content (AvgIpc) is 3.92. The zero-order chi connectivity index (χ0) is 65.9. The minimum atomic E-state index is -2.95. The minimum absolute atomic E-state index is 0.00342. The van der Waals surface area contributed by atoms with E-state index in [-0.39, 0.29) is 83.2 Å². The largest absolute Gasteiger partial charge is 0.394 e. The average molecular weight is 1310 g/mol. The molecule has 1 heterocycles. The van der Waals surface area contributed by atoms with Crippen molar-refractivity contribution in [3.63, 3.8) is 0 Å². The van der Waals surface area contributed by atoms with Crippen LogP contribution < -0.4 is 34.4 Å². The number of nitrogens with zero attached hydrogens (tertiary/aromatic N) is 1. The number of aliphatic imine (C=N–C) groups is 1. The summed E-state index contributed by atoms with van der Waals surface area (Å²) in [5, 5.41) is 8.55. The normalized spacial score (nSPS) is 14.3. The molecule has 5 atom stereocenters. The van der Waals surface area contributed by atoms with Gasteiger partial charge in [-0.2, -0.15) is 0 Å². The van der Waals surface area contributed by atoms with Crippen molar-refractivity contribution < 1.29 is 75.9 Å². The number of benzene rings is 1. The van der Waals surface area contributed by atoms with Crippen LogP contribution in [-0.2, 0) is 84.5 Å². The number of ketones is 5. The van der Waals surface area contributed by atoms with E-state index in [9.17, 15) is 66.1 Å². The van der Waals surface area contributed by atoms with Crippen molar-refractivity contribution in [1.82, 2.24) is 0 Å². The molecule has 0 bridgehead atoms. The molecule has 0 radical (unpaired) electrons. The molecular formula is C56H105N7O17S5. The van der Waals surface area contributed by atoms with Gasteiger partial charge in [0.25, 0.3) is 0 Å². The summed E-state index contributed by atoms with van der Waals surface area (Å²) >= 11 is 0. The van der Waals surface area contributed by atoms with Crippen molar-refractivity contribution in [2.75, 3.05) is 79.8 Å². The number of hydrogen-bond donors (Lipinski definition) is 7. The Kier molecular flexibility index (Phi) is 47.8. The van der Waals surface area contributed by atoms with E-state index in [1.807, 2.05) is 44.2 Å². The third-order valence-corrected chi connectivity index (χ3v) is 17.6. The summed E-state index contributed by atoms with van der Waals surface area (Å²) in [6, 6.07) is 6.86. The molecule has 2 rings (SSSR count). The van der Waals surface area contributed by atoms with Crippen molar-refractivity contribution in [1.29, 1.82) is 0 Å². The SMILES string of the molecule is CC(C)[C@H](N)C(=O)CCCCS(C)(=O)=O.CS(=O)(=O)CCCCC(=O)[C@@H](N)CC1=CN=CC1.CS(=O)(=O)CCCCC(=O)[C@@H](N)CCCCN.CS(=O)(=O)CCCCC(=O)[C@@H](N)CO.CS(=O)(=O)CCCCC(=O)[C@@H](N)COCc1ccccc1. The first-order valence-corrected chi connectivity index (χ1v) is 39.0. The second kappa shape index (κ2) is 47.4. The van der Waals surface area contributed by atoms with Gasteiger partial charge >= 0.3 is 0 Å². The zero-order valence-corrected chi connectivity index (χ0v) is 55.5. The maximum atomic E-state index is 11.8. The summed E-state index contributed by atoms with van der Waals surface area (Å²) in [4.78, 5) is 61.5. The smallest absolute Gasteiger partial charge is 0.151 e. The Morgan fingerprint density at radius 2 is 0.871 bits per heavy atom. The lowest BCUT2D eigenvalue weighted by molar-refractivity contribution is -0.122. The van der Waals surface area contributed by atoms with Gasteiger partial charge in [-0.1, -0.05) is 50.6 Å². The highest BCUT2D eigenvalue weighted by Crippen LogP contribution is 2.15. The topological polar surface area (TPSA) is 454 Å². The second-order valence-corrected chi connectivity index (χ2v) is 33.3. The maximum absolute atomic E-state index is 11.8. The maximum Gasteiger partial charge on any atom is 0.151 e. The molecule has 0 fully saturated rings. The van der Waals surface area contributed by atoms with Crippen molar-refractivity contribution >= 4 is 84.3 Å². The van der Waals surface area contributed by atoms with Gasteiger partial charge < -0.3 is 44.2 Å². The predicted octanol–water partition coefficient (Wildman–Crippen LogP) is 2.23. The summed E-state index contributed by atoms with van der Waals surface area (Å²) in [5.74, 6) is 0.513. The van der Waals surface area contributed by atoms with E-state index in [0.29, 0.717) is 116 Å². The molecule has 0 aliphatic carbocycles. The monoisotopic (exact) mass is 1310 g/mol. The number of hydrogen-bond acceptors (Lipinski definition) is 24. The van der Waals surface area contributed by atoms with E-state index in [1.54, 1.807) is 12.4 Å². The number of nitrogens with two attached hydrogens (primary N) is 6. The summed E-state index contributed by atoms with van der Waals surface area (Å²) in [6.07, 6.45) is 20.2. The predicted molar refractivity (Wildman–Crippen MR) is 339 cm³/mol. The number of Topliss-reactive ketones (excluding diaryl/α,β-unsaturated/α-hetero) is 5. The molecule has 0 saturated carbocycles. The van der Waals surface area contributed by atoms with Crippen LogP contribution in [0, 0.1) is 5.92 Å². The van der Waals surface area contributed by atoms with Crippen LogP contribution in [0.1, 0.15) is 148 Å². The second-order valence-electron chi connectivity index (χ2n) is 22.0. The molecule has 0 spiro atoms. The van der Waals surface area contributed by atoms with Crippen LogP contribution in [0.15, 0.2) is 47.1 Å². The number of carbonyl (C=O) groups excluding carboxylic acids is 5. The summed E-state index contributed by atoms with van der Waals surface area (Å²) in [7, 11) is -14.6. The van der Waals surface area contributed by atoms with E-state index >= 15 is 0 Å². The number of ether oxygens (including phenoxy) is 1. The highest BCUT2D eigenvalue weighted by Gasteiger charge is 2.19. The van der Waals surface area contributed by atoms with Gasteiger partial charge in [-0.3, -0.25) is 29.0 Å². The van der Waals surface area contributed by atoms with Gasteiger partial charge in [-0.15, -0.1) is 0 Å². The molecule has 1 aliphatic heterocycles. The number of carbonyl (C=O) groups is 5. The Balaban J connectivity index is -0.000000996. The van der Waals surface area contributed by atoms with Crippen molar-refractivity contribution in [2.24, 2.45) is 45.3 Å². The van der Waals surface area contributed by atoms with E-state index in [1.165, 1.54) is 25.0 Å². The number of sulfone groups is 5. The molecule has 29 heteroatoms. The molecule has 496 valence electrons. The minimum Gasteiger partial charge on any atom is -0.394 e. The van der Waals surface area contributed by atoms with Gasteiger partial charge in [0.05, 0.1) is 50.0 Å². The highest BCUT2D eigenvalue weighted by molar-refractivity contribution is 7.91. The molecule has 1 aliphatic rings. The van der Waals surface area contributed by atoms with E-state index in [2.05, 4.69) is 4.99 Å². The van der Waals surface area contributed by atoms with Crippen LogP contribution in [0.4, 0.5) is 0 Å². The third-order valence-electron chi connectivity index (χ3n) is 12.5. The van der Waals surface area contributed by atoms with E-state index in [0.717, 1.165) is 36.7 Å². The molecule has 85 heavy (non-hydrogen) atoms. The van der Waals surface area contributed by atoms with Crippen molar-refractivity contribution in [2.45, 2.75) is 179 Å². The van der Waals surface area contributed by atoms with Crippen LogP contribution in [0.2, 0.25) is 0 Å². The van der Waals surface area contributed by atoms with Crippen molar-refractivity contribution in [3.8, 4) is 0 Å². The lowest BCUT2D eigenvalue weighted by Crippen LogP contribution is -2.35. The Morgan fingerprint density at radius 1 is 0.506 bits per heavy atom. The van der Waals surface area contributed by atoms with Gasteiger partial charge in [-0.25, -0.2) is 42.1 Å². The number of unbranched alkanes of at least 4 members (excludes halogenated alkanes) is 6. The van der Waals surface area contributed by atoms with Gasteiger partial charge in [0.15, 0.2) is 11.6 Å². The summed E-state index contributed by atoms with van der Waals surface area (Å²) in [6.45, 7) is 4.67. The quantitative estimate of drug-likeness (QED) is 0.0461. The Morgan fingerprint density at radius 3 is 1.21 bits per heavy atom. The lowest BCUT2D eigenvalue weighted by Gasteiger charge is -2.13. The fourth-order valence-electron chi connectivity index (χ4n) is 7.25. The molecular weight excluding hydrogens is 1200 g/mol. The molecule has 0 unspecified atom stereocenters. The highest BCUT2D eigenvalue weighted by atomic mass is 32.2. The Bertz CT molecular complexity index is 2710. The fourth-order valence-corrected chi connectivity index (χ4v) is 10.9. The molecule has 1 aromatic rings. The van der Waals surface area contributed by atoms with Gasteiger partial charge in [0, 0.05) is 111 Å². The zero-order valence-electron chi connectivity index (χ0n) is 51.4. The summed E-state index contributed by atoms with van der Waals surface area (Å²) in [5.41, 5.74) is 35.7. The molecule has 24 nitrogen and oxygen atoms in total. The number of aliphatic hydroxyl groups excluding tert-OH is 1. The Hall–Kier alpha value is -3.59. The molecule has 13 N–H and O–H groups in total.